The van der Waals surface area contributed by atoms with Gasteiger partial charge in [0.25, 0.3) is 17.5 Å². The van der Waals surface area contributed by atoms with Crippen molar-refractivity contribution in [3.63, 3.8) is 0 Å². The average Bonchev–Trinajstić information content (AvgIpc) is 2.73. The molecule has 3 heterocycles. The summed E-state index contributed by atoms with van der Waals surface area (Å²) in [6.07, 6.45) is 0.104. The minimum absolute atomic E-state index is 0.0742. The topological polar surface area (TPSA) is 76.3 Å². The van der Waals surface area contributed by atoms with Crippen molar-refractivity contribution in [1.29, 1.82) is 0 Å². The fourth-order valence-electron chi connectivity index (χ4n) is 3.65. The van der Waals surface area contributed by atoms with Gasteiger partial charge in [-0.3, -0.25) is 23.6 Å². The van der Waals surface area contributed by atoms with Crippen molar-refractivity contribution in [2.75, 3.05) is 31.1 Å². The van der Waals surface area contributed by atoms with Crippen LogP contribution in [-0.4, -0.2) is 56.6 Å². The first-order valence-electron chi connectivity index (χ1n) is 9.68. The third-order valence-electron chi connectivity index (χ3n) is 5.40. The van der Waals surface area contributed by atoms with E-state index in [1.54, 1.807) is 17.7 Å². The van der Waals surface area contributed by atoms with E-state index in [-0.39, 0.29) is 5.56 Å². The number of hydrogen-bond donors (Lipinski definition) is 0. The smallest absolute Gasteiger partial charge is 0.261 e. The fraction of sp³-hybridized carbons (Fsp3) is 0.400. The Bertz CT molecular complexity index is 1170. The predicted octanol–water partition coefficient (Wildman–Crippen LogP) is 1.08. The minimum Gasteiger partial charge on any atom is -0.369 e. The van der Waals surface area contributed by atoms with E-state index in [1.807, 2.05) is 12.1 Å². The van der Waals surface area contributed by atoms with Crippen molar-refractivity contribution in [2.24, 2.45) is 7.05 Å². The number of nitrogens with zero attached hydrogens (tertiary/aromatic N) is 6. The summed E-state index contributed by atoms with van der Waals surface area (Å²) < 4.78 is 27.7. The van der Waals surface area contributed by atoms with Crippen LogP contribution in [0.25, 0.3) is 10.9 Å². The lowest BCUT2D eigenvalue weighted by Crippen LogP contribution is -2.46. The van der Waals surface area contributed by atoms with Gasteiger partial charge in [0.15, 0.2) is 0 Å². The van der Waals surface area contributed by atoms with Crippen LogP contribution in [0.1, 0.15) is 5.82 Å². The molecule has 0 radical (unpaired) electrons. The monoisotopic (exact) mass is 416 g/mol. The van der Waals surface area contributed by atoms with Crippen molar-refractivity contribution in [3.05, 3.63) is 63.3 Å². The van der Waals surface area contributed by atoms with Gasteiger partial charge in [-0.25, -0.2) is 18.7 Å². The Kier molecular flexibility index (Phi) is 5.58. The van der Waals surface area contributed by atoms with Crippen LogP contribution in [0.3, 0.4) is 0 Å². The second-order valence-electron chi connectivity index (χ2n) is 7.32. The third kappa shape index (κ3) is 4.09. The number of aromatic nitrogens is 4. The van der Waals surface area contributed by atoms with Crippen LogP contribution in [0, 0.1) is 0 Å². The Morgan fingerprint density at radius 2 is 1.83 bits per heavy atom. The van der Waals surface area contributed by atoms with Gasteiger partial charge >= 0.3 is 0 Å². The average molecular weight is 416 g/mol. The summed E-state index contributed by atoms with van der Waals surface area (Å²) in [5, 5.41) is 0.330. The lowest BCUT2D eigenvalue weighted by atomic mass is 10.2. The van der Waals surface area contributed by atoms with Crippen LogP contribution in [0.15, 0.2) is 46.4 Å². The Labute approximate surface area is 171 Å². The van der Waals surface area contributed by atoms with E-state index in [1.165, 1.54) is 18.6 Å². The summed E-state index contributed by atoms with van der Waals surface area (Å²) in [5.41, 5.74) is 0.896. The maximum Gasteiger partial charge on any atom is 0.261 e. The Morgan fingerprint density at radius 1 is 1.07 bits per heavy atom. The van der Waals surface area contributed by atoms with Crippen LogP contribution in [-0.2, 0) is 20.1 Å². The molecule has 4 rings (SSSR count). The molecule has 0 bridgehead atoms. The van der Waals surface area contributed by atoms with E-state index in [9.17, 15) is 18.4 Å². The van der Waals surface area contributed by atoms with Crippen LogP contribution in [0.4, 0.5) is 14.5 Å². The third-order valence-corrected chi connectivity index (χ3v) is 5.40. The zero-order valence-electron chi connectivity index (χ0n) is 16.5. The van der Waals surface area contributed by atoms with E-state index >= 15 is 0 Å². The summed E-state index contributed by atoms with van der Waals surface area (Å²) in [7, 11) is 1.72. The molecular formula is C20H22F2N6O2. The van der Waals surface area contributed by atoms with Crippen molar-refractivity contribution < 1.29 is 8.78 Å². The number of alkyl halides is 2. The lowest BCUT2D eigenvalue weighted by Gasteiger charge is -2.36. The van der Waals surface area contributed by atoms with Gasteiger partial charge in [0, 0.05) is 51.2 Å². The second kappa shape index (κ2) is 8.31. The Morgan fingerprint density at radius 3 is 2.57 bits per heavy atom. The summed E-state index contributed by atoms with van der Waals surface area (Å²) in [5.74, 6) is 0.728. The van der Waals surface area contributed by atoms with Gasteiger partial charge in [0.05, 0.1) is 30.3 Å². The van der Waals surface area contributed by atoms with E-state index in [2.05, 4.69) is 19.8 Å². The van der Waals surface area contributed by atoms with Gasteiger partial charge in [0.2, 0.25) is 0 Å². The first-order chi connectivity index (χ1) is 14.4. The number of fused-ring (bicyclic) bond motifs is 1. The zero-order chi connectivity index (χ0) is 21.3. The quantitative estimate of drug-likeness (QED) is 0.620. The van der Waals surface area contributed by atoms with E-state index in [0.717, 1.165) is 42.3 Å². The summed E-state index contributed by atoms with van der Waals surface area (Å²) >= 11 is 0. The highest BCUT2D eigenvalue weighted by Crippen LogP contribution is 2.21. The number of halogens is 2. The minimum atomic E-state index is -2.61. The molecule has 10 heteroatoms. The number of piperazine rings is 1. The number of hydrogen-bond acceptors (Lipinski definition) is 6. The van der Waals surface area contributed by atoms with Gasteiger partial charge in [-0.2, -0.15) is 0 Å². The van der Waals surface area contributed by atoms with Gasteiger partial charge < -0.3 is 4.90 Å². The molecule has 0 atom stereocenters. The molecule has 1 aliphatic heterocycles. The fourth-order valence-corrected chi connectivity index (χ4v) is 3.65. The maximum absolute atomic E-state index is 12.6. The molecule has 158 valence electrons. The second-order valence-corrected chi connectivity index (χ2v) is 7.32. The standard InChI is InChI=1S/C20H22F2N6O2/c1-25-18(23-5-4-19(25)29)12-26-6-8-27(9-7-26)14-2-3-15-16(10-14)24-13-28(20(15)30)11-17(21)22/h2-5,10,13,17H,6-9,11-12H2,1H3. The molecular weight excluding hydrogens is 394 g/mol. The van der Waals surface area contributed by atoms with Gasteiger partial charge in [-0.1, -0.05) is 0 Å². The molecule has 0 saturated carbocycles. The van der Waals surface area contributed by atoms with Gasteiger partial charge in [-0.05, 0) is 18.2 Å². The maximum atomic E-state index is 12.6. The van der Waals surface area contributed by atoms with Gasteiger partial charge in [0.1, 0.15) is 5.82 Å². The Balaban J connectivity index is 1.46. The van der Waals surface area contributed by atoms with Crippen molar-refractivity contribution in [3.8, 4) is 0 Å². The number of benzene rings is 1. The molecule has 1 aliphatic rings. The van der Waals surface area contributed by atoms with E-state index < -0.39 is 18.5 Å². The molecule has 0 amide bonds. The SMILES string of the molecule is Cn1c(CN2CCN(c3ccc4c(=O)n(CC(F)F)cnc4c3)CC2)nccc1=O. The highest BCUT2D eigenvalue weighted by atomic mass is 19.3. The van der Waals surface area contributed by atoms with E-state index in [0.29, 0.717) is 17.4 Å². The molecule has 0 aliphatic carbocycles. The molecule has 30 heavy (non-hydrogen) atoms. The van der Waals surface area contributed by atoms with Crippen LogP contribution in [0.5, 0.6) is 0 Å². The largest absolute Gasteiger partial charge is 0.369 e. The molecule has 1 fully saturated rings. The molecule has 0 N–H and O–H groups in total. The summed E-state index contributed by atoms with van der Waals surface area (Å²) in [6.45, 7) is 3.08. The molecule has 0 unspecified atom stereocenters. The number of rotatable bonds is 5. The lowest BCUT2D eigenvalue weighted by molar-refractivity contribution is 0.125. The Hall–Kier alpha value is -3.14. The highest BCUT2D eigenvalue weighted by molar-refractivity contribution is 5.81. The van der Waals surface area contributed by atoms with E-state index in [4.69, 9.17) is 0 Å². The van der Waals surface area contributed by atoms with Crippen LogP contribution >= 0.6 is 0 Å². The van der Waals surface area contributed by atoms with Crippen molar-refractivity contribution >= 4 is 16.6 Å². The molecule has 2 aromatic heterocycles. The van der Waals surface area contributed by atoms with Crippen LogP contribution in [0.2, 0.25) is 0 Å². The molecule has 1 aromatic carbocycles. The summed E-state index contributed by atoms with van der Waals surface area (Å²) in [6, 6.07) is 6.74. The normalized spacial score (nSPS) is 15.3. The number of anilines is 1. The first-order valence-corrected chi connectivity index (χ1v) is 9.68. The molecule has 0 spiro atoms. The first kappa shape index (κ1) is 20.1. The van der Waals surface area contributed by atoms with Crippen molar-refractivity contribution in [2.45, 2.75) is 19.5 Å². The zero-order valence-corrected chi connectivity index (χ0v) is 16.5. The predicted molar refractivity (Wildman–Crippen MR) is 109 cm³/mol. The van der Waals surface area contributed by atoms with Crippen LogP contribution < -0.4 is 16.0 Å². The molecule has 1 saturated heterocycles. The summed E-state index contributed by atoms with van der Waals surface area (Å²) in [4.78, 5) is 37.0. The highest BCUT2D eigenvalue weighted by Gasteiger charge is 2.19. The molecule has 3 aromatic rings. The van der Waals surface area contributed by atoms with Crippen molar-refractivity contribution in [1.82, 2.24) is 24.0 Å². The molecule has 8 nitrogen and oxygen atoms in total. The van der Waals surface area contributed by atoms with Gasteiger partial charge in [-0.15, -0.1) is 0 Å².